The SMILES string of the molecule is COC(=O)c1occc1CNCC1(O)CCC(C)CC1. The molecule has 1 saturated carbocycles. The van der Waals surface area contributed by atoms with Gasteiger partial charge in [0.05, 0.1) is 19.0 Å². The molecule has 0 spiro atoms. The molecule has 1 fully saturated rings. The minimum atomic E-state index is -0.623. The number of aliphatic hydroxyl groups is 1. The summed E-state index contributed by atoms with van der Waals surface area (Å²) in [6, 6.07) is 1.74. The monoisotopic (exact) mass is 281 g/mol. The number of esters is 1. The van der Waals surface area contributed by atoms with Gasteiger partial charge in [0.2, 0.25) is 5.76 Å². The van der Waals surface area contributed by atoms with Crippen LogP contribution >= 0.6 is 0 Å². The molecule has 5 nitrogen and oxygen atoms in total. The van der Waals surface area contributed by atoms with Crippen LogP contribution < -0.4 is 5.32 Å². The van der Waals surface area contributed by atoms with Crippen LogP contribution in [0.3, 0.4) is 0 Å². The van der Waals surface area contributed by atoms with Crippen molar-refractivity contribution >= 4 is 5.97 Å². The zero-order valence-corrected chi connectivity index (χ0v) is 12.1. The van der Waals surface area contributed by atoms with Crippen molar-refractivity contribution in [3.05, 3.63) is 23.7 Å². The molecular weight excluding hydrogens is 258 g/mol. The first-order chi connectivity index (χ1) is 9.54. The molecule has 0 radical (unpaired) electrons. The first kappa shape index (κ1) is 15.1. The highest BCUT2D eigenvalue weighted by Crippen LogP contribution is 2.31. The van der Waals surface area contributed by atoms with Gasteiger partial charge in [-0.15, -0.1) is 0 Å². The van der Waals surface area contributed by atoms with Gasteiger partial charge in [-0.25, -0.2) is 4.79 Å². The minimum Gasteiger partial charge on any atom is -0.463 e. The summed E-state index contributed by atoms with van der Waals surface area (Å²) in [6.45, 7) is 3.24. The molecule has 0 atom stereocenters. The van der Waals surface area contributed by atoms with Crippen molar-refractivity contribution in [2.24, 2.45) is 5.92 Å². The summed E-state index contributed by atoms with van der Waals surface area (Å²) in [5.41, 5.74) is 0.131. The number of ether oxygens (including phenoxy) is 1. The van der Waals surface area contributed by atoms with E-state index in [0.29, 0.717) is 19.0 Å². The van der Waals surface area contributed by atoms with Gasteiger partial charge >= 0.3 is 5.97 Å². The van der Waals surface area contributed by atoms with Crippen LogP contribution in [0.4, 0.5) is 0 Å². The summed E-state index contributed by atoms with van der Waals surface area (Å²) in [5.74, 6) is 0.455. The van der Waals surface area contributed by atoms with Crippen molar-refractivity contribution < 1.29 is 19.1 Å². The molecule has 0 unspecified atom stereocenters. The van der Waals surface area contributed by atoms with Crippen LogP contribution in [0.15, 0.2) is 16.7 Å². The Morgan fingerprint density at radius 3 is 2.90 bits per heavy atom. The number of carbonyl (C=O) groups excluding carboxylic acids is 1. The molecule has 1 aromatic rings. The summed E-state index contributed by atoms with van der Waals surface area (Å²) in [5, 5.41) is 13.7. The maximum atomic E-state index is 11.5. The summed E-state index contributed by atoms with van der Waals surface area (Å²) in [7, 11) is 1.33. The molecule has 5 heteroatoms. The summed E-state index contributed by atoms with van der Waals surface area (Å²) in [4.78, 5) is 11.5. The van der Waals surface area contributed by atoms with E-state index in [1.54, 1.807) is 6.07 Å². The van der Waals surface area contributed by atoms with Crippen molar-refractivity contribution in [2.75, 3.05) is 13.7 Å². The van der Waals surface area contributed by atoms with Gasteiger partial charge in [0, 0.05) is 18.7 Å². The molecule has 1 heterocycles. The average Bonchev–Trinajstić information content (AvgIpc) is 2.90. The molecular formula is C15H23NO4. The maximum Gasteiger partial charge on any atom is 0.374 e. The fourth-order valence-electron chi connectivity index (χ4n) is 2.65. The largest absolute Gasteiger partial charge is 0.463 e. The van der Waals surface area contributed by atoms with Gasteiger partial charge in [0.1, 0.15) is 0 Å². The number of hydrogen-bond donors (Lipinski definition) is 2. The second-order valence-corrected chi connectivity index (χ2v) is 5.78. The van der Waals surface area contributed by atoms with Crippen LogP contribution in [0.2, 0.25) is 0 Å². The van der Waals surface area contributed by atoms with Crippen molar-refractivity contribution in [2.45, 2.75) is 44.8 Å². The van der Waals surface area contributed by atoms with E-state index in [9.17, 15) is 9.90 Å². The van der Waals surface area contributed by atoms with E-state index in [1.807, 2.05) is 0 Å². The van der Waals surface area contributed by atoms with Gasteiger partial charge in [-0.1, -0.05) is 6.92 Å². The number of carbonyl (C=O) groups is 1. The van der Waals surface area contributed by atoms with E-state index in [4.69, 9.17) is 4.42 Å². The number of furan rings is 1. The summed E-state index contributed by atoms with van der Waals surface area (Å²) in [6.07, 6.45) is 5.27. The van der Waals surface area contributed by atoms with E-state index in [-0.39, 0.29) is 5.76 Å². The molecule has 112 valence electrons. The van der Waals surface area contributed by atoms with Gasteiger partial charge in [-0.2, -0.15) is 0 Å². The molecule has 0 aromatic carbocycles. The fourth-order valence-corrected chi connectivity index (χ4v) is 2.65. The molecule has 0 amide bonds. The third-order valence-electron chi connectivity index (χ3n) is 4.09. The molecule has 2 rings (SSSR count). The van der Waals surface area contributed by atoms with Crippen LogP contribution in [0.5, 0.6) is 0 Å². The average molecular weight is 281 g/mol. The lowest BCUT2D eigenvalue weighted by Crippen LogP contribution is -2.43. The Hall–Kier alpha value is -1.33. The maximum absolute atomic E-state index is 11.5. The number of methoxy groups -OCH3 is 1. The smallest absolute Gasteiger partial charge is 0.374 e. The Bertz CT molecular complexity index is 446. The number of hydrogen-bond acceptors (Lipinski definition) is 5. The molecule has 0 bridgehead atoms. The summed E-state index contributed by atoms with van der Waals surface area (Å²) >= 11 is 0. The quantitative estimate of drug-likeness (QED) is 0.809. The lowest BCUT2D eigenvalue weighted by atomic mass is 9.79. The van der Waals surface area contributed by atoms with E-state index in [0.717, 1.165) is 31.2 Å². The molecule has 20 heavy (non-hydrogen) atoms. The Balaban J connectivity index is 1.84. The standard InChI is InChI=1S/C15H23NO4/c1-11-3-6-15(18,7-4-11)10-16-9-12-5-8-20-13(12)14(17)19-2/h5,8,11,16,18H,3-4,6-7,9-10H2,1-2H3. The Morgan fingerprint density at radius 2 is 2.25 bits per heavy atom. The second-order valence-electron chi connectivity index (χ2n) is 5.78. The van der Waals surface area contributed by atoms with E-state index in [1.165, 1.54) is 13.4 Å². The van der Waals surface area contributed by atoms with Gasteiger partial charge in [-0.3, -0.25) is 0 Å². The zero-order chi connectivity index (χ0) is 14.6. The fraction of sp³-hybridized carbons (Fsp3) is 0.667. The molecule has 0 aliphatic heterocycles. The van der Waals surface area contributed by atoms with Gasteiger partial charge in [0.15, 0.2) is 0 Å². The lowest BCUT2D eigenvalue weighted by molar-refractivity contribution is -0.00632. The lowest BCUT2D eigenvalue weighted by Gasteiger charge is -2.35. The Kier molecular flexibility index (Phi) is 4.83. The third-order valence-corrected chi connectivity index (χ3v) is 4.09. The first-order valence-corrected chi connectivity index (χ1v) is 7.12. The highest BCUT2D eigenvalue weighted by molar-refractivity contribution is 5.87. The van der Waals surface area contributed by atoms with Crippen molar-refractivity contribution in [1.29, 1.82) is 0 Å². The predicted octanol–water partition coefficient (Wildman–Crippen LogP) is 2.10. The van der Waals surface area contributed by atoms with E-state index >= 15 is 0 Å². The zero-order valence-electron chi connectivity index (χ0n) is 12.1. The number of nitrogens with one attached hydrogen (secondary N) is 1. The molecule has 1 aliphatic rings. The van der Waals surface area contributed by atoms with E-state index < -0.39 is 11.6 Å². The van der Waals surface area contributed by atoms with Crippen LogP contribution in [0.1, 0.15) is 48.7 Å². The summed E-state index contributed by atoms with van der Waals surface area (Å²) < 4.78 is 9.78. The normalized spacial score (nSPS) is 26.4. The predicted molar refractivity (Wildman–Crippen MR) is 74.3 cm³/mol. The van der Waals surface area contributed by atoms with Gasteiger partial charge in [0.25, 0.3) is 0 Å². The highest BCUT2D eigenvalue weighted by Gasteiger charge is 2.31. The van der Waals surface area contributed by atoms with E-state index in [2.05, 4.69) is 17.0 Å². The van der Waals surface area contributed by atoms with Gasteiger partial charge in [-0.05, 0) is 37.7 Å². The second kappa shape index (κ2) is 6.41. The van der Waals surface area contributed by atoms with Crippen molar-refractivity contribution in [3.63, 3.8) is 0 Å². The topological polar surface area (TPSA) is 71.7 Å². The van der Waals surface area contributed by atoms with Crippen LogP contribution in [0, 0.1) is 5.92 Å². The molecule has 1 aliphatic carbocycles. The Morgan fingerprint density at radius 1 is 1.55 bits per heavy atom. The van der Waals surface area contributed by atoms with Crippen LogP contribution in [-0.2, 0) is 11.3 Å². The first-order valence-electron chi connectivity index (χ1n) is 7.12. The molecule has 0 saturated heterocycles. The highest BCUT2D eigenvalue weighted by atomic mass is 16.5. The molecule has 1 aromatic heterocycles. The number of rotatable bonds is 5. The van der Waals surface area contributed by atoms with Crippen LogP contribution in [-0.4, -0.2) is 30.3 Å². The van der Waals surface area contributed by atoms with Crippen molar-refractivity contribution in [1.82, 2.24) is 5.32 Å². The Labute approximate surface area is 119 Å². The molecule has 2 N–H and O–H groups in total. The minimum absolute atomic E-state index is 0.226. The third kappa shape index (κ3) is 3.61. The van der Waals surface area contributed by atoms with Gasteiger partial charge < -0.3 is 19.6 Å². The van der Waals surface area contributed by atoms with Crippen LogP contribution in [0.25, 0.3) is 0 Å². The van der Waals surface area contributed by atoms with Crippen molar-refractivity contribution in [3.8, 4) is 0 Å².